The standard InChI is InChI=1S/C24H26N2O6S/c1-16-11-17(2)13-20(12-16)32-15-24(27)25-18-5-8-21(9-6-18)33(28,29)26-22-10-7-19(30-3)14-23(22)31-4/h5-14,26H,15H2,1-4H3,(H,25,27). The van der Waals surface area contributed by atoms with Crippen LogP contribution in [0.5, 0.6) is 17.2 Å². The second-order valence-electron chi connectivity index (χ2n) is 7.36. The van der Waals surface area contributed by atoms with Gasteiger partial charge >= 0.3 is 0 Å². The lowest BCUT2D eigenvalue weighted by Gasteiger charge is -2.13. The second-order valence-corrected chi connectivity index (χ2v) is 9.04. The number of sulfonamides is 1. The average Bonchev–Trinajstić information content (AvgIpc) is 2.77. The molecule has 0 bridgehead atoms. The highest BCUT2D eigenvalue weighted by Crippen LogP contribution is 2.31. The number of methoxy groups -OCH3 is 2. The predicted molar refractivity (Wildman–Crippen MR) is 127 cm³/mol. The lowest BCUT2D eigenvalue weighted by molar-refractivity contribution is -0.118. The van der Waals surface area contributed by atoms with Crippen LogP contribution in [0.4, 0.5) is 11.4 Å². The average molecular weight is 471 g/mol. The van der Waals surface area contributed by atoms with Crippen LogP contribution in [0.25, 0.3) is 0 Å². The van der Waals surface area contributed by atoms with Crippen LogP contribution in [0, 0.1) is 13.8 Å². The summed E-state index contributed by atoms with van der Waals surface area (Å²) in [5.74, 6) is 1.12. The van der Waals surface area contributed by atoms with Crippen LogP contribution in [-0.4, -0.2) is 35.2 Å². The first-order valence-electron chi connectivity index (χ1n) is 10.1. The topological polar surface area (TPSA) is 103 Å². The molecule has 0 aliphatic carbocycles. The van der Waals surface area contributed by atoms with Crippen LogP contribution >= 0.6 is 0 Å². The first-order chi connectivity index (χ1) is 15.7. The van der Waals surface area contributed by atoms with Crippen molar-refractivity contribution in [2.75, 3.05) is 30.9 Å². The van der Waals surface area contributed by atoms with Crippen molar-refractivity contribution in [2.45, 2.75) is 18.7 Å². The van der Waals surface area contributed by atoms with Gasteiger partial charge in [0.1, 0.15) is 17.2 Å². The molecule has 3 rings (SSSR count). The van der Waals surface area contributed by atoms with Crippen LogP contribution in [0.15, 0.2) is 65.6 Å². The fraction of sp³-hybridized carbons (Fsp3) is 0.208. The van der Waals surface area contributed by atoms with Crippen molar-refractivity contribution in [2.24, 2.45) is 0 Å². The number of rotatable bonds is 9. The Morgan fingerprint density at radius 2 is 1.52 bits per heavy atom. The second kappa shape index (κ2) is 10.3. The van der Waals surface area contributed by atoms with E-state index in [1.165, 1.54) is 38.5 Å². The summed E-state index contributed by atoms with van der Waals surface area (Å²) < 4.78 is 43.9. The molecule has 0 fully saturated rings. The highest BCUT2D eigenvalue weighted by atomic mass is 32.2. The third-order valence-electron chi connectivity index (χ3n) is 4.67. The van der Waals surface area contributed by atoms with Crippen molar-refractivity contribution in [3.63, 3.8) is 0 Å². The van der Waals surface area contributed by atoms with Gasteiger partial charge in [-0.2, -0.15) is 0 Å². The number of benzene rings is 3. The molecule has 0 saturated carbocycles. The molecule has 0 aliphatic rings. The van der Waals surface area contributed by atoms with E-state index in [0.717, 1.165) is 11.1 Å². The van der Waals surface area contributed by atoms with Gasteiger partial charge in [0.15, 0.2) is 6.61 Å². The summed E-state index contributed by atoms with van der Waals surface area (Å²) in [5.41, 5.74) is 2.82. The minimum atomic E-state index is -3.87. The molecule has 0 unspecified atom stereocenters. The van der Waals surface area contributed by atoms with Gasteiger partial charge in [0.05, 0.1) is 24.8 Å². The molecule has 3 aromatic rings. The number of carbonyl (C=O) groups is 1. The number of nitrogens with one attached hydrogen (secondary N) is 2. The maximum atomic E-state index is 12.8. The lowest BCUT2D eigenvalue weighted by atomic mass is 10.1. The molecule has 1 amide bonds. The molecule has 0 aromatic heterocycles. The van der Waals surface area contributed by atoms with Gasteiger partial charge in [-0.1, -0.05) is 6.07 Å². The van der Waals surface area contributed by atoms with E-state index in [-0.39, 0.29) is 23.1 Å². The molecular weight excluding hydrogens is 444 g/mol. The molecular formula is C24H26N2O6S. The third-order valence-corrected chi connectivity index (χ3v) is 6.05. The van der Waals surface area contributed by atoms with Gasteiger partial charge in [0, 0.05) is 11.8 Å². The molecule has 0 saturated heterocycles. The maximum Gasteiger partial charge on any atom is 0.262 e. The summed E-state index contributed by atoms with van der Waals surface area (Å²) in [7, 11) is -0.926. The Morgan fingerprint density at radius 3 is 2.12 bits per heavy atom. The summed E-state index contributed by atoms with van der Waals surface area (Å²) in [4.78, 5) is 12.2. The number of anilines is 2. The molecule has 174 valence electrons. The minimum absolute atomic E-state index is 0.0323. The molecule has 8 nitrogen and oxygen atoms in total. The van der Waals surface area contributed by atoms with Gasteiger partial charge in [-0.05, 0) is 73.5 Å². The van der Waals surface area contributed by atoms with Crippen LogP contribution in [-0.2, 0) is 14.8 Å². The van der Waals surface area contributed by atoms with Crippen molar-refractivity contribution in [1.29, 1.82) is 0 Å². The molecule has 9 heteroatoms. The van der Waals surface area contributed by atoms with Gasteiger partial charge in [0.2, 0.25) is 0 Å². The van der Waals surface area contributed by atoms with Gasteiger partial charge in [-0.3, -0.25) is 9.52 Å². The molecule has 0 atom stereocenters. The van der Waals surface area contributed by atoms with E-state index < -0.39 is 10.0 Å². The Morgan fingerprint density at radius 1 is 0.848 bits per heavy atom. The van der Waals surface area contributed by atoms with E-state index in [0.29, 0.717) is 22.9 Å². The number of amides is 1. The molecule has 0 heterocycles. The SMILES string of the molecule is COc1ccc(NS(=O)(=O)c2ccc(NC(=O)COc3cc(C)cc(C)c3)cc2)c(OC)c1. The lowest BCUT2D eigenvalue weighted by Crippen LogP contribution is -2.20. The highest BCUT2D eigenvalue weighted by Gasteiger charge is 2.17. The monoisotopic (exact) mass is 470 g/mol. The van der Waals surface area contributed by atoms with Crippen molar-refractivity contribution in [3.8, 4) is 17.2 Å². The Hall–Kier alpha value is -3.72. The smallest absolute Gasteiger partial charge is 0.262 e. The number of aryl methyl sites for hydroxylation is 2. The summed E-state index contributed by atoms with van der Waals surface area (Å²) >= 11 is 0. The Bertz CT molecular complexity index is 1220. The Balaban J connectivity index is 1.63. The van der Waals surface area contributed by atoms with E-state index in [1.807, 2.05) is 32.0 Å². The van der Waals surface area contributed by atoms with E-state index in [4.69, 9.17) is 14.2 Å². The molecule has 0 spiro atoms. The zero-order chi connectivity index (χ0) is 24.0. The van der Waals surface area contributed by atoms with Gasteiger partial charge in [-0.25, -0.2) is 8.42 Å². The van der Waals surface area contributed by atoms with Crippen molar-refractivity contribution in [1.82, 2.24) is 0 Å². The van der Waals surface area contributed by atoms with Crippen LogP contribution in [0.3, 0.4) is 0 Å². The molecule has 2 N–H and O–H groups in total. The molecule has 33 heavy (non-hydrogen) atoms. The Labute approximate surface area is 193 Å². The normalized spacial score (nSPS) is 10.9. The largest absolute Gasteiger partial charge is 0.497 e. The highest BCUT2D eigenvalue weighted by molar-refractivity contribution is 7.92. The van der Waals surface area contributed by atoms with Crippen LogP contribution in [0.2, 0.25) is 0 Å². The predicted octanol–water partition coefficient (Wildman–Crippen LogP) is 4.14. The van der Waals surface area contributed by atoms with Crippen molar-refractivity contribution in [3.05, 3.63) is 71.8 Å². The number of hydrogen-bond acceptors (Lipinski definition) is 6. The fourth-order valence-corrected chi connectivity index (χ4v) is 4.24. The third kappa shape index (κ3) is 6.39. The number of ether oxygens (including phenoxy) is 3. The summed E-state index contributed by atoms with van der Waals surface area (Å²) in [6, 6.07) is 16.3. The Kier molecular flexibility index (Phi) is 7.44. The first-order valence-corrected chi connectivity index (χ1v) is 11.5. The van der Waals surface area contributed by atoms with Gasteiger partial charge < -0.3 is 19.5 Å². The first kappa shape index (κ1) is 23.9. The zero-order valence-electron chi connectivity index (χ0n) is 18.8. The quantitative estimate of drug-likeness (QED) is 0.487. The zero-order valence-corrected chi connectivity index (χ0v) is 19.7. The van der Waals surface area contributed by atoms with Crippen molar-refractivity contribution < 1.29 is 27.4 Å². The van der Waals surface area contributed by atoms with Crippen LogP contribution < -0.4 is 24.2 Å². The number of hydrogen-bond donors (Lipinski definition) is 2. The summed E-state index contributed by atoms with van der Waals surface area (Å²) in [6.07, 6.45) is 0. The summed E-state index contributed by atoms with van der Waals surface area (Å²) in [6.45, 7) is 3.74. The van der Waals surface area contributed by atoms with E-state index in [1.54, 1.807) is 18.2 Å². The molecule has 0 aliphatic heterocycles. The van der Waals surface area contributed by atoms with E-state index in [9.17, 15) is 13.2 Å². The van der Waals surface area contributed by atoms with Crippen molar-refractivity contribution >= 4 is 27.3 Å². The summed E-state index contributed by atoms with van der Waals surface area (Å²) in [5, 5.41) is 2.69. The maximum absolute atomic E-state index is 12.8. The number of carbonyl (C=O) groups excluding carboxylic acids is 1. The van der Waals surface area contributed by atoms with E-state index in [2.05, 4.69) is 10.0 Å². The van der Waals surface area contributed by atoms with Gasteiger partial charge in [-0.15, -0.1) is 0 Å². The van der Waals surface area contributed by atoms with Crippen LogP contribution in [0.1, 0.15) is 11.1 Å². The fourth-order valence-electron chi connectivity index (χ4n) is 3.17. The minimum Gasteiger partial charge on any atom is -0.497 e. The molecule has 0 radical (unpaired) electrons. The molecule has 3 aromatic carbocycles. The van der Waals surface area contributed by atoms with Gasteiger partial charge in [0.25, 0.3) is 15.9 Å². The van der Waals surface area contributed by atoms with E-state index >= 15 is 0 Å².